The van der Waals surface area contributed by atoms with Crippen LogP contribution in [0.25, 0.3) is 0 Å². The van der Waals surface area contributed by atoms with Crippen molar-refractivity contribution in [2.45, 2.75) is 12.2 Å². The highest BCUT2D eigenvalue weighted by atomic mass is 32.2. The number of nitrogens with one attached hydrogen (secondary N) is 1. The Morgan fingerprint density at radius 3 is 2.52 bits per heavy atom. The fraction of sp³-hybridized carbons (Fsp3) is 0.333. The molecule has 0 saturated carbocycles. The van der Waals surface area contributed by atoms with Crippen LogP contribution in [0.15, 0.2) is 24.3 Å². The summed E-state index contributed by atoms with van der Waals surface area (Å²) in [6, 6.07) is 3.63. The highest BCUT2D eigenvalue weighted by molar-refractivity contribution is 8.00. The first kappa shape index (κ1) is 17.3. The predicted octanol–water partition coefficient (Wildman–Crippen LogP) is -0.262. The molecule has 1 aromatic rings. The molecule has 5 nitrogen and oxygen atoms in total. The van der Waals surface area contributed by atoms with Crippen LogP contribution in [-0.4, -0.2) is 29.4 Å². The number of aliphatic carboxylic acids is 1. The maximum absolute atomic E-state index is 12.7. The van der Waals surface area contributed by atoms with E-state index < -0.39 is 29.7 Å². The van der Waals surface area contributed by atoms with Gasteiger partial charge in [0, 0.05) is 0 Å². The Bertz CT molecular complexity index is 523. The van der Waals surface area contributed by atoms with E-state index in [0.29, 0.717) is 0 Å². The summed E-state index contributed by atoms with van der Waals surface area (Å²) in [4.78, 5) is 22.0. The van der Waals surface area contributed by atoms with Gasteiger partial charge in [0.05, 0.1) is 28.7 Å². The number of anilines is 1. The van der Waals surface area contributed by atoms with Crippen molar-refractivity contribution in [3.8, 4) is 0 Å². The minimum atomic E-state index is -4.57. The third-order valence-electron chi connectivity index (χ3n) is 2.39. The zero-order chi connectivity index (χ0) is 16.0. The van der Waals surface area contributed by atoms with E-state index in [9.17, 15) is 27.9 Å². The van der Waals surface area contributed by atoms with Crippen LogP contribution in [0, 0.1) is 0 Å². The van der Waals surface area contributed by atoms with Crippen LogP contribution in [0.4, 0.5) is 18.9 Å². The maximum Gasteiger partial charge on any atom is 0.418 e. The molecular formula is C12H13F3N2O3S. The van der Waals surface area contributed by atoms with Gasteiger partial charge in [0.2, 0.25) is 5.91 Å². The molecule has 9 heteroatoms. The summed E-state index contributed by atoms with van der Waals surface area (Å²) in [5.41, 5.74) is 2.03. The van der Waals surface area contributed by atoms with Crippen molar-refractivity contribution in [1.82, 2.24) is 0 Å². The van der Waals surface area contributed by atoms with Crippen LogP contribution in [0.5, 0.6) is 0 Å². The molecule has 0 unspecified atom stereocenters. The van der Waals surface area contributed by atoms with Crippen LogP contribution in [-0.2, 0) is 15.8 Å². The van der Waals surface area contributed by atoms with Crippen molar-refractivity contribution in [3.63, 3.8) is 0 Å². The lowest BCUT2D eigenvalue weighted by molar-refractivity contribution is -0.431. The summed E-state index contributed by atoms with van der Waals surface area (Å²) in [5.74, 6) is -2.13. The van der Waals surface area contributed by atoms with Gasteiger partial charge in [-0.25, -0.2) is 0 Å². The number of thioether (sulfide) groups is 1. The number of rotatable bonds is 6. The molecule has 0 aliphatic rings. The molecule has 0 saturated heterocycles. The van der Waals surface area contributed by atoms with Crippen molar-refractivity contribution in [2.75, 3.05) is 16.8 Å². The van der Waals surface area contributed by atoms with Gasteiger partial charge >= 0.3 is 6.18 Å². The number of para-hydroxylation sites is 1. The van der Waals surface area contributed by atoms with E-state index >= 15 is 0 Å². The van der Waals surface area contributed by atoms with Crippen molar-refractivity contribution < 1.29 is 33.6 Å². The summed E-state index contributed by atoms with van der Waals surface area (Å²) in [5, 5.41) is 12.6. The summed E-state index contributed by atoms with van der Waals surface area (Å²) >= 11 is 0.954. The van der Waals surface area contributed by atoms with E-state index in [1.54, 1.807) is 0 Å². The Hall–Kier alpha value is -1.74. The first-order valence-corrected chi connectivity index (χ1v) is 6.95. The molecule has 0 aliphatic heterocycles. The number of alkyl halides is 3. The normalized spacial score (nSPS) is 12.8. The van der Waals surface area contributed by atoms with Gasteiger partial charge in [-0.1, -0.05) is 12.1 Å². The zero-order valence-electron chi connectivity index (χ0n) is 10.8. The number of carboxylic acids is 1. The number of hydrogen-bond donors (Lipinski definition) is 2. The molecule has 0 bridgehead atoms. The van der Waals surface area contributed by atoms with E-state index in [0.717, 1.165) is 23.9 Å². The van der Waals surface area contributed by atoms with Crippen molar-refractivity contribution >= 4 is 29.3 Å². The molecular weight excluding hydrogens is 309 g/mol. The van der Waals surface area contributed by atoms with Crippen LogP contribution in [0.1, 0.15) is 5.56 Å². The molecule has 21 heavy (non-hydrogen) atoms. The average molecular weight is 322 g/mol. The summed E-state index contributed by atoms with van der Waals surface area (Å²) in [7, 11) is 0. The van der Waals surface area contributed by atoms with Gasteiger partial charge < -0.3 is 21.0 Å². The third kappa shape index (κ3) is 5.64. The SMILES string of the molecule is [NH3+][C@@H](CSCC(=O)Nc1ccccc1C(F)(F)F)C(=O)[O-]. The summed E-state index contributed by atoms with van der Waals surface area (Å²) in [6.07, 6.45) is -4.57. The second kappa shape index (κ2) is 7.32. The lowest BCUT2D eigenvalue weighted by atomic mass is 10.1. The molecule has 1 rings (SSSR count). The van der Waals surface area contributed by atoms with E-state index in [4.69, 9.17) is 0 Å². The minimum absolute atomic E-state index is 0.0384. The Morgan fingerprint density at radius 2 is 1.95 bits per heavy atom. The van der Waals surface area contributed by atoms with Gasteiger partial charge in [0.1, 0.15) is 6.04 Å². The second-order valence-electron chi connectivity index (χ2n) is 4.12. The van der Waals surface area contributed by atoms with Gasteiger partial charge in [0.15, 0.2) is 0 Å². The van der Waals surface area contributed by atoms with Gasteiger partial charge in [0.25, 0.3) is 0 Å². The van der Waals surface area contributed by atoms with Crippen LogP contribution >= 0.6 is 11.8 Å². The number of carboxylic acid groups (broad SMARTS) is 1. The van der Waals surface area contributed by atoms with Gasteiger partial charge in [-0.2, -0.15) is 13.2 Å². The van der Waals surface area contributed by atoms with E-state index in [-0.39, 0.29) is 17.2 Å². The van der Waals surface area contributed by atoms with Gasteiger partial charge in [-0.3, -0.25) is 4.79 Å². The summed E-state index contributed by atoms with van der Waals surface area (Å²) < 4.78 is 38.1. The number of benzene rings is 1. The monoisotopic (exact) mass is 322 g/mol. The molecule has 1 atom stereocenters. The van der Waals surface area contributed by atoms with E-state index in [1.807, 2.05) is 0 Å². The van der Waals surface area contributed by atoms with Crippen LogP contribution in [0.2, 0.25) is 0 Å². The molecule has 4 N–H and O–H groups in total. The maximum atomic E-state index is 12.7. The number of carbonyl (C=O) groups excluding carboxylic acids is 2. The lowest BCUT2D eigenvalue weighted by Crippen LogP contribution is -2.69. The largest absolute Gasteiger partial charge is 0.544 e. The van der Waals surface area contributed by atoms with Crippen molar-refractivity contribution in [2.24, 2.45) is 0 Å². The Kier molecular flexibility index (Phi) is 6.03. The Balaban J connectivity index is 2.58. The molecule has 0 radical (unpaired) electrons. The first-order chi connectivity index (χ1) is 9.71. The molecule has 1 amide bonds. The standard InChI is InChI=1S/C12H13F3N2O3S/c13-12(14,15)7-3-1-2-4-9(7)17-10(18)6-21-5-8(16)11(19)20/h1-4,8H,5-6,16H2,(H,17,18)(H,19,20)/t8-/m0/s1. The third-order valence-corrected chi connectivity index (χ3v) is 3.50. The molecule has 0 aliphatic carbocycles. The van der Waals surface area contributed by atoms with E-state index in [2.05, 4.69) is 11.1 Å². The summed E-state index contributed by atoms with van der Waals surface area (Å²) in [6.45, 7) is 0. The second-order valence-corrected chi connectivity index (χ2v) is 5.15. The fourth-order valence-corrected chi connectivity index (χ4v) is 2.18. The van der Waals surface area contributed by atoms with E-state index in [1.165, 1.54) is 12.1 Å². The number of carbonyl (C=O) groups is 2. The number of quaternary nitrogens is 1. The topological polar surface area (TPSA) is 96.9 Å². The Labute approximate surface area is 122 Å². The fourth-order valence-electron chi connectivity index (χ4n) is 1.39. The lowest BCUT2D eigenvalue weighted by Gasteiger charge is -2.13. The molecule has 116 valence electrons. The number of amides is 1. The predicted molar refractivity (Wildman–Crippen MR) is 69.1 cm³/mol. The van der Waals surface area contributed by atoms with Crippen molar-refractivity contribution in [3.05, 3.63) is 29.8 Å². The van der Waals surface area contributed by atoms with Crippen LogP contribution in [0.3, 0.4) is 0 Å². The Morgan fingerprint density at radius 1 is 1.33 bits per heavy atom. The quantitative estimate of drug-likeness (QED) is 0.754. The highest BCUT2D eigenvalue weighted by Gasteiger charge is 2.33. The van der Waals surface area contributed by atoms with Crippen LogP contribution < -0.4 is 16.2 Å². The average Bonchev–Trinajstić information content (AvgIpc) is 2.37. The van der Waals surface area contributed by atoms with Gasteiger partial charge in [-0.15, -0.1) is 11.8 Å². The first-order valence-electron chi connectivity index (χ1n) is 5.79. The van der Waals surface area contributed by atoms with Crippen molar-refractivity contribution in [1.29, 1.82) is 0 Å². The molecule has 0 spiro atoms. The smallest absolute Gasteiger partial charge is 0.418 e. The zero-order valence-corrected chi connectivity index (χ0v) is 11.6. The molecule has 0 heterocycles. The molecule has 0 aromatic heterocycles. The highest BCUT2D eigenvalue weighted by Crippen LogP contribution is 2.34. The number of halogens is 3. The molecule has 1 aromatic carbocycles. The van der Waals surface area contributed by atoms with Gasteiger partial charge in [-0.05, 0) is 12.1 Å². The minimum Gasteiger partial charge on any atom is -0.544 e. The molecule has 0 fully saturated rings. The number of hydrogen-bond acceptors (Lipinski definition) is 4.